The number of fused-ring (bicyclic) bond motifs is 1. The largest absolute Gasteiger partial charge is 0.389 e. The fraction of sp³-hybridized carbons (Fsp3) is 0.250. The summed E-state index contributed by atoms with van der Waals surface area (Å²) in [7, 11) is 0. The molecule has 0 saturated carbocycles. The Morgan fingerprint density at radius 2 is 1.74 bits per heavy atom. The molecule has 0 aliphatic heterocycles. The van der Waals surface area contributed by atoms with Gasteiger partial charge in [-0.15, -0.1) is 11.3 Å². The summed E-state index contributed by atoms with van der Waals surface area (Å²) in [4.78, 5) is 30.9. The van der Waals surface area contributed by atoms with E-state index in [-0.39, 0.29) is 18.4 Å². The zero-order chi connectivity index (χ0) is 19.4. The van der Waals surface area contributed by atoms with E-state index in [1.165, 1.54) is 11.3 Å². The van der Waals surface area contributed by atoms with E-state index in [4.69, 9.17) is 0 Å². The van der Waals surface area contributed by atoms with Crippen LogP contribution in [0.5, 0.6) is 0 Å². The van der Waals surface area contributed by atoms with Crippen molar-refractivity contribution in [2.75, 3.05) is 18.4 Å². The maximum absolute atomic E-state index is 12.5. The highest BCUT2D eigenvalue weighted by atomic mass is 32.1. The highest BCUT2D eigenvalue weighted by Gasteiger charge is 2.14. The van der Waals surface area contributed by atoms with Crippen molar-refractivity contribution in [2.24, 2.45) is 0 Å². The van der Waals surface area contributed by atoms with Gasteiger partial charge in [0.2, 0.25) is 0 Å². The molecule has 3 rings (SSSR count). The summed E-state index contributed by atoms with van der Waals surface area (Å²) >= 11 is 1.42. The van der Waals surface area contributed by atoms with Crippen LogP contribution in [-0.4, -0.2) is 39.9 Å². The van der Waals surface area contributed by atoms with Crippen LogP contribution in [-0.2, 0) is 6.61 Å². The molecule has 0 bridgehead atoms. The molecule has 0 fully saturated rings. The molecule has 2 amide bonds. The zero-order valence-corrected chi connectivity index (χ0v) is 16.0. The van der Waals surface area contributed by atoms with E-state index in [2.05, 4.69) is 10.3 Å². The van der Waals surface area contributed by atoms with Gasteiger partial charge in [0.15, 0.2) is 0 Å². The molecule has 6 nitrogen and oxygen atoms in total. The number of carbonyl (C=O) groups excluding carboxylic acids is 2. The number of anilines is 1. The molecular formula is C20H21N3O3S. The average molecular weight is 383 g/mol. The first-order valence-electron chi connectivity index (χ1n) is 8.76. The van der Waals surface area contributed by atoms with Gasteiger partial charge in [-0.2, -0.15) is 0 Å². The van der Waals surface area contributed by atoms with Crippen molar-refractivity contribution in [1.82, 2.24) is 9.88 Å². The molecule has 0 aliphatic rings. The van der Waals surface area contributed by atoms with Gasteiger partial charge in [0, 0.05) is 29.9 Å². The maximum Gasteiger partial charge on any atom is 0.255 e. The van der Waals surface area contributed by atoms with E-state index in [0.717, 1.165) is 10.2 Å². The predicted molar refractivity (Wildman–Crippen MR) is 107 cm³/mol. The molecule has 2 N–H and O–H groups in total. The van der Waals surface area contributed by atoms with Crippen LogP contribution < -0.4 is 5.32 Å². The number of rotatable bonds is 6. The molecule has 0 radical (unpaired) electrons. The molecule has 27 heavy (non-hydrogen) atoms. The van der Waals surface area contributed by atoms with Gasteiger partial charge in [-0.25, -0.2) is 4.98 Å². The molecular weight excluding hydrogens is 362 g/mol. The van der Waals surface area contributed by atoms with E-state index in [1.807, 2.05) is 19.9 Å². The van der Waals surface area contributed by atoms with Crippen molar-refractivity contribution in [3.63, 3.8) is 0 Å². The van der Waals surface area contributed by atoms with Gasteiger partial charge in [0.25, 0.3) is 11.8 Å². The van der Waals surface area contributed by atoms with E-state index in [1.54, 1.807) is 41.3 Å². The number of carbonyl (C=O) groups is 2. The number of amides is 2. The molecule has 0 aliphatic carbocycles. The van der Waals surface area contributed by atoms with Crippen molar-refractivity contribution in [3.05, 3.63) is 58.6 Å². The van der Waals surface area contributed by atoms with Crippen LogP contribution in [0.25, 0.3) is 10.2 Å². The van der Waals surface area contributed by atoms with Gasteiger partial charge in [0.1, 0.15) is 5.01 Å². The van der Waals surface area contributed by atoms with Crippen LogP contribution in [0.3, 0.4) is 0 Å². The van der Waals surface area contributed by atoms with E-state index >= 15 is 0 Å². The van der Waals surface area contributed by atoms with Crippen molar-refractivity contribution in [3.8, 4) is 0 Å². The molecule has 7 heteroatoms. The Kier molecular flexibility index (Phi) is 5.83. The molecule has 0 saturated heterocycles. The summed E-state index contributed by atoms with van der Waals surface area (Å²) in [6.45, 7) is 5.07. The Morgan fingerprint density at radius 1 is 1.07 bits per heavy atom. The number of benzene rings is 2. The predicted octanol–water partition coefficient (Wildman–Crippen LogP) is 3.52. The highest BCUT2D eigenvalue weighted by Crippen LogP contribution is 2.25. The summed E-state index contributed by atoms with van der Waals surface area (Å²) in [5, 5.41) is 12.7. The molecule has 0 unspecified atom stereocenters. The molecule has 1 heterocycles. The Labute approximate surface area is 161 Å². The third-order valence-corrected chi connectivity index (χ3v) is 5.29. The minimum atomic E-state index is -0.256. The summed E-state index contributed by atoms with van der Waals surface area (Å²) in [6, 6.07) is 12.1. The molecule has 3 aromatic rings. The minimum absolute atomic E-state index is 0.0411. The summed E-state index contributed by atoms with van der Waals surface area (Å²) in [5.41, 5.74) is 2.41. The monoisotopic (exact) mass is 383 g/mol. The molecule has 0 atom stereocenters. The highest BCUT2D eigenvalue weighted by molar-refractivity contribution is 7.18. The zero-order valence-electron chi connectivity index (χ0n) is 15.2. The van der Waals surface area contributed by atoms with Gasteiger partial charge in [-0.3, -0.25) is 9.59 Å². The van der Waals surface area contributed by atoms with Crippen LogP contribution >= 0.6 is 11.3 Å². The van der Waals surface area contributed by atoms with Crippen LogP contribution in [0.4, 0.5) is 5.69 Å². The first-order chi connectivity index (χ1) is 13.0. The first kappa shape index (κ1) is 19.0. The lowest BCUT2D eigenvalue weighted by molar-refractivity contribution is 0.0772. The smallest absolute Gasteiger partial charge is 0.255 e. The topological polar surface area (TPSA) is 82.5 Å². The fourth-order valence-electron chi connectivity index (χ4n) is 2.78. The van der Waals surface area contributed by atoms with Crippen molar-refractivity contribution in [2.45, 2.75) is 20.5 Å². The second-order valence-electron chi connectivity index (χ2n) is 5.96. The molecule has 0 spiro atoms. The maximum atomic E-state index is 12.5. The summed E-state index contributed by atoms with van der Waals surface area (Å²) in [5.74, 6) is -0.297. The van der Waals surface area contributed by atoms with E-state index < -0.39 is 0 Å². The van der Waals surface area contributed by atoms with Gasteiger partial charge in [0.05, 0.1) is 16.8 Å². The summed E-state index contributed by atoms with van der Waals surface area (Å²) < 4.78 is 0.955. The van der Waals surface area contributed by atoms with E-state index in [0.29, 0.717) is 34.9 Å². The van der Waals surface area contributed by atoms with Gasteiger partial charge in [-0.1, -0.05) is 0 Å². The molecule has 140 valence electrons. The number of aliphatic hydroxyl groups excluding tert-OH is 1. The lowest BCUT2D eigenvalue weighted by atomic mass is 10.1. The number of hydrogen-bond donors (Lipinski definition) is 2. The van der Waals surface area contributed by atoms with Crippen molar-refractivity contribution < 1.29 is 14.7 Å². The van der Waals surface area contributed by atoms with Crippen LogP contribution in [0.1, 0.15) is 39.6 Å². The third-order valence-electron chi connectivity index (χ3n) is 4.27. The third kappa shape index (κ3) is 4.15. The standard InChI is InChI=1S/C20H21N3O3S/c1-3-23(4-2)20(26)14-7-5-13(6-8-14)19(25)21-15-9-10-17-16(11-15)22-18(12-24)27-17/h5-11,24H,3-4,12H2,1-2H3,(H,21,25). The second kappa shape index (κ2) is 8.28. The Hall–Kier alpha value is -2.77. The fourth-order valence-corrected chi connectivity index (χ4v) is 3.59. The Balaban J connectivity index is 1.73. The number of aromatic nitrogens is 1. The summed E-state index contributed by atoms with van der Waals surface area (Å²) in [6.07, 6.45) is 0. The Bertz CT molecular complexity index is 962. The number of nitrogens with one attached hydrogen (secondary N) is 1. The average Bonchev–Trinajstić information content (AvgIpc) is 3.11. The molecule has 2 aromatic carbocycles. The molecule has 1 aromatic heterocycles. The normalized spacial score (nSPS) is 10.8. The lowest BCUT2D eigenvalue weighted by Crippen LogP contribution is -2.30. The number of aliphatic hydroxyl groups is 1. The minimum Gasteiger partial charge on any atom is -0.389 e. The van der Waals surface area contributed by atoms with Gasteiger partial charge in [-0.05, 0) is 56.3 Å². The van der Waals surface area contributed by atoms with Crippen LogP contribution in [0.2, 0.25) is 0 Å². The van der Waals surface area contributed by atoms with Gasteiger partial charge >= 0.3 is 0 Å². The van der Waals surface area contributed by atoms with Crippen molar-refractivity contribution in [1.29, 1.82) is 0 Å². The number of nitrogens with zero attached hydrogens (tertiary/aromatic N) is 2. The Morgan fingerprint density at radius 3 is 2.37 bits per heavy atom. The lowest BCUT2D eigenvalue weighted by Gasteiger charge is -2.18. The quantitative estimate of drug-likeness (QED) is 0.682. The van der Waals surface area contributed by atoms with Gasteiger partial charge < -0.3 is 15.3 Å². The van der Waals surface area contributed by atoms with Crippen LogP contribution in [0, 0.1) is 0 Å². The number of thiazole rings is 1. The van der Waals surface area contributed by atoms with Crippen LogP contribution in [0.15, 0.2) is 42.5 Å². The number of hydrogen-bond acceptors (Lipinski definition) is 5. The first-order valence-corrected chi connectivity index (χ1v) is 9.58. The van der Waals surface area contributed by atoms with E-state index in [9.17, 15) is 14.7 Å². The SMILES string of the molecule is CCN(CC)C(=O)c1ccc(C(=O)Nc2ccc3sc(CO)nc3c2)cc1. The second-order valence-corrected chi connectivity index (χ2v) is 7.07. The van der Waals surface area contributed by atoms with Crippen molar-refractivity contribution >= 4 is 39.1 Å².